The topological polar surface area (TPSA) is 21.7 Å². The third-order valence-electron chi connectivity index (χ3n) is 6.63. The molecular formula is C30H44FNO2Si. The first kappa shape index (κ1) is 28.9. The van der Waals surface area contributed by atoms with Crippen LogP contribution in [0.25, 0.3) is 12.2 Å². The van der Waals surface area contributed by atoms with Gasteiger partial charge in [-0.3, -0.25) is 0 Å². The standard InChI is InChI=1S/C30H44FNO2Si/c1-8-21-32(5)22-11-9-10-12-23-33-28-20-17-26(29(31)24-28)16-13-25-14-18-27(19-15-25)34-35(6,7)30(2,3)4/h8,13-20,24H,1,9-12,21-23H2,2-7H3. The van der Waals surface area contributed by atoms with E-state index in [0.717, 1.165) is 37.2 Å². The second-order valence-corrected chi connectivity index (χ2v) is 15.5. The summed E-state index contributed by atoms with van der Waals surface area (Å²) in [4.78, 5) is 2.27. The predicted molar refractivity (Wildman–Crippen MR) is 151 cm³/mol. The van der Waals surface area contributed by atoms with Crippen LogP contribution in [0.5, 0.6) is 11.5 Å². The average Bonchev–Trinajstić information content (AvgIpc) is 2.78. The molecule has 2 aromatic rings. The highest BCUT2D eigenvalue weighted by Gasteiger charge is 2.38. The minimum Gasteiger partial charge on any atom is -0.544 e. The highest BCUT2D eigenvalue weighted by atomic mass is 28.4. The highest BCUT2D eigenvalue weighted by molar-refractivity contribution is 6.74. The smallest absolute Gasteiger partial charge is 0.250 e. The lowest BCUT2D eigenvalue weighted by molar-refractivity contribution is 0.299. The highest BCUT2D eigenvalue weighted by Crippen LogP contribution is 2.37. The first-order chi connectivity index (χ1) is 16.5. The van der Waals surface area contributed by atoms with E-state index in [0.29, 0.717) is 17.9 Å². The van der Waals surface area contributed by atoms with Crippen LogP contribution in [0.1, 0.15) is 57.6 Å². The zero-order valence-corrected chi connectivity index (χ0v) is 23.6. The van der Waals surface area contributed by atoms with E-state index >= 15 is 0 Å². The first-order valence-electron chi connectivity index (χ1n) is 12.7. The van der Waals surface area contributed by atoms with Crippen molar-refractivity contribution in [2.45, 2.75) is 64.6 Å². The number of halogens is 1. The van der Waals surface area contributed by atoms with Gasteiger partial charge in [0.15, 0.2) is 0 Å². The Morgan fingerprint density at radius 2 is 1.60 bits per heavy atom. The predicted octanol–water partition coefficient (Wildman–Crippen LogP) is 8.44. The summed E-state index contributed by atoms with van der Waals surface area (Å²) in [5.41, 5.74) is 1.55. The second-order valence-electron chi connectivity index (χ2n) is 10.8. The summed E-state index contributed by atoms with van der Waals surface area (Å²) in [6, 6.07) is 13.1. The summed E-state index contributed by atoms with van der Waals surface area (Å²) in [6.07, 6.45) is 10.1. The van der Waals surface area contributed by atoms with E-state index in [9.17, 15) is 4.39 Å². The lowest BCUT2D eigenvalue weighted by atomic mass is 10.1. The summed E-state index contributed by atoms with van der Waals surface area (Å²) < 4.78 is 26.6. The molecule has 0 aliphatic rings. The fourth-order valence-corrected chi connectivity index (χ4v) is 4.38. The van der Waals surface area contributed by atoms with Crippen LogP contribution in [0.15, 0.2) is 55.1 Å². The van der Waals surface area contributed by atoms with Gasteiger partial charge in [0.2, 0.25) is 8.32 Å². The molecular weight excluding hydrogens is 453 g/mol. The molecule has 5 heteroatoms. The van der Waals surface area contributed by atoms with E-state index in [1.807, 2.05) is 42.5 Å². The van der Waals surface area contributed by atoms with Crippen LogP contribution in [0.2, 0.25) is 18.1 Å². The third-order valence-corrected chi connectivity index (χ3v) is 11.0. The Bertz CT molecular complexity index is 948. The zero-order valence-electron chi connectivity index (χ0n) is 22.6. The van der Waals surface area contributed by atoms with Crippen LogP contribution in [0.3, 0.4) is 0 Å². The minimum atomic E-state index is -1.86. The molecule has 0 amide bonds. The van der Waals surface area contributed by atoms with Gasteiger partial charge >= 0.3 is 0 Å². The molecule has 0 N–H and O–H groups in total. The Labute approximate surface area is 213 Å². The summed E-state index contributed by atoms with van der Waals surface area (Å²) in [6.45, 7) is 17.6. The Kier molecular flexibility index (Phi) is 11.3. The van der Waals surface area contributed by atoms with Crippen molar-refractivity contribution in [3.05, 3.63) is 72.1 Å². The van der Waals surface area contributed by atoms with Gasteiger partial charge in [0.1, 0.15) is 17.3 Å². The number of hydrogen-bond donors (Lipinski definition) is 0. The summed E-state index contributed by atoms with van der Waals surface area (Å²) in [5.74, 6) is 1.20. The van der Waals surface area contributed by atoms with E-state index in [4.69, 9.17) is 9.16 Å². The van der Waals surface area contributed by atoms with Crippen LogP contribution in [-0.4, -0.2) is 40.0 Å². The van der Waals surface area contributed by atoms with Gasteiger partial charge in [0, 0.05) is 18.2 Å². The molecule has 192 valence electrons. The SMILES string of the molecule is C=CCN(C)CCCCCCOc1ccc(C=Cc2ccc(O[Si](C)(C)C(C)(C)C)cc2)c(F)c1. The third kappa shape index (κ3) is 10.0. The lowest BCUT2D eigenvalue weighted by Gasteiger charge is -2.36. The molecule has 2 aromatic carbocycles. The quantitative estimate of drug-likeness (QED) is 0.113. The second kappa shape index (κ2) is 13.6. The summed E-state index contributed by atoms with van der Waals surface area (Å²) in [7, 11) is 0.254. The van der Waals surface area contributed by atoms with Crippen molar-refractivity contribution < 1.29 is 13.6 Å². The monoisotopic (exact) mass is 497 g/mol. The fraction of sp³-hybridized carbons (Fsp3) is 0.467. The minimum absolute atomic E-state index is 0.154. The number of unbranched alkanes of at least 4 members (excludes halogenated alkanes) is 3. The van der Waals surface area contributed by atoms with Crippen molar-refractivity contribution >= 4 is 20.5 Å². The first-order valence-corrected chi connectivity index (χ1v) is 15.6. The normalized spacial score (nSPS) is 12.3. The number of nitrogens with zero attached hydrogens (tertiary/aromatic N) is 1. The van der Waals surface area contributed by atoms with Gasteiger partial charge in [-0.2, -0.15) is 0 Å². The zero-order chi connectivity index (χ0) is 25.9. The van der Waals surface area contributed by atoms with Gasteiger partial charge in [-0.05, 0) is 74.4 Å². The molecule has 0 fully saturated rings. The van der Waals surface area contributed by atoms with Gasteiger partial charge in [0.05, 0.1) is 6.61 Å². The molecule has 0 bridgehead atoms. The number of benzene rings is 2. The van der Waals surface area contributed by atoms with Crippen LogP contribution in [0.4, 0.5) is 4.39 Å². The molecule has 0 saturated heterocycles. The van der Waals surface area contributed by atoms with E-state index in [1.54, 1.807) is 12.1 Å². The molecule has 0 aliphatic carbocycles. The van der Waals surface area contributed by atoms with Crippen LogP contribution in [0, 0.1) is 5.82 Å². The molecule has 0 radical (unpaired) electrons. The van der Waals surface area contributed by atoms with Crippen LogP contribution in [-0.2, 0) is 0 Å². The van der Waals surface area contributed by atoms with E-state index < -0.39 is 8.32 Å². The van der Waals surface area contributed by atoms with Gasteiger partial charge in [0.25, 0.3) is 0 Å². The van der Waals surface area contributed by atoms with Gasteiger partial charge < -0.3 is 14.1 Å². The maximum absolute atomic E-state index is 14.6. The lowest BCUT2D eigenvalue weighted by Crippen LogP contribution is -2.43. The van der Waals surface area contributed by atoms with E-state index in [2.05, 4.69) is 52.4 Å². The van der Waals surface area contributed by atoms with Crippen molar-refractivity contribution in [1.82, 2.24) is 4.90 Å². The molecule has 0 unspecified atom stereocenters. The Balaban J connectivity index is 1.80. The number of ether oxygens (including phenoxy) is 1. The Morgan fingerprint density at radius 1 is 0.943 bits per heavy atom. The maximum atomic E-state index is 14.6. The van der Waals surface area contributed by atoms with Crippen molar-refractivity contribution in [2.24, 2.45) is 0 Å². The van der Waals surface area contributed by atoms with Crippen molar-refractivity contribution in [1.29, 1.82) is 0 Å². The van der Waals surface area contributed by atoms with E-state index in [1.165, 1.54) is 18.9 Å². The largest absolute Gasteiger partial charge is 0.544 e. The molecule has 0 spiro atoms. The summed E-state index contributed by atoms with van der Waals surface area (Å²) >= 11 is 0. The molecule has 3 nitrogen and oxygen atoms in total. The van der Waals surface area contributed by atoms with E-state index in [-0.39, 0.29) is 10.9 Å². The maximum Gasteiger partial charge on any atom is 0.250 e. The van der Waals surface area contributed by atoms with Crippen molar-refractivity contribution in [3.63, 3.8) is 0 Å². The Morgan fingerprint density at radius 3 is 2.23 bits per heavy atom. The number of rotatable bonds is 14. The molecule has 0 aromatic heterocycles. The molecule has 35 heavy (non-hydrogen) atoms. The average molecular weight is 498 g/mol. The van der Waals surface area contributed by atoms with Crippen molar-refractivity contribution in [3.8, 4) is 11.5 Å². The van der Waals surface area contributed by atoms with Crippen molar-refractivity contribution in [2.75, 3.05) is 26.7 Å². The molecule has 0 heterocycles. The molecule has 0 atom stereocenters. The Hall–Kier alpha value is -2.37. The fourth-order valence-electron chi connectivity index (χ4n) is 3.35. The number of hydrogen-bond acceptors (Lipinski definition) is 3. The van der Waals surface area contributed by atoms with Gasteiger partial charge in [-0.25, -0.2) is 4.39 Å². The van der Waals surface area contributed by atoms with Gasteiger partial charge in [-0.15, -0.1) is 6.58 Å². The van der Waals surface area contributed by atoms with Gasteiger partial charge in [-0.1, -0.05) is 64.0 Å². The molecule has 0 aliphatic heterocycles. The summed E-state index contributed by atoms with van der Waals surface area (Å²) in [5, 5.41) is 0.154. The van der Waals surface area contributed by atoms with Crippen LogP contribution >= 0.6 is 0 Å². The van der Waals surface area contributed by atoms with Crippen LogP contribution < -0.4 is 9.16 Å². The molecule has 2 rings (SSSR count). The molecule has 0 saturated carbocycles. The number of likely N-dealkylation sites (N-methyl/N-ethyl adjacent to an activating group) is 1.